The van der Waals surface area contributed by atoms with Crippen LogP contribution >= 0.6 is 0 Å². The Hall–Kier alpha value is -2.33. The molecular weight excluding hydrogens is 376 g/mol. The van der Waals surface area contributed by atoms with Gasteiger partial charge < -0.3 is 19.1 Å². The van der Waals surface area contributed by atoms with Crippen molar-refractivity contribution in [1.29, 1.82) is 0 Å². The van der Waals surface area contributed by atoms with Crippen LogP contribution in [0.1, 0.15) is 13.3 Å². The topological polar surface area (TPSA) is 102 Å². The number of benzene rings is 1. The quantitative estimate of drug-likeness (QED) is 0.614. The summed E-state index contributed by atoms with van der Waals surface area (Å²) in [6.07, 6.45) is 0.199. The maximum Gasteiger partial charge on any atom is 0.306 e. The Morgan fingerprint density at radius 1 is 1.04 bits per heavy atom. The summed E-state index contributed by atoms with van der Waals surface area (Å²) < 4.78 is 42.1. The number of sulfonamides is 1. The smallest absolute Gasteiger partial charge is 0.306 e. The van der Waals surface area contributed by atoms with Gasteiger partial charge in [-0.1, -0.05) is 6.92 Å². The molecule has 2 rings (SSSR count). The molecule has 1 heterocycles. The third-order valence-electron chi connectivity index (χ3n) is 4.23. The van der Waals surface area contributed by atoms with Gasteiger partial charge in [0.2, 0.25) is 10.0 Å². The molecule has 0 aliphatic carbocycles. The van der Waals surface area contributed by atoms with E-state index >= 15 is 0 Å². The maximum absolute atomic E-state index is 12.8. The first-order chi connectivity index (χ1) is 12.8. The van der Waals surface area contributed by atoms with Crippen molar-refractivity contribution in [1.82, 2.24) is 9.21 Å². The second-order valence-electron chi connectivity index (χ2n) is 5.82. The van der Waals surface area contributed by atoms with E-state index in [1.165, 1.54) is 41.6 Å². The van der Waals surface area contributed by atoms with E-state index in [0.717, 1.165) is 0 Å². The monoisotopic (exact) mass is 400 g/mol. The van der Waals surface area contributed by atoms with Crippen LogP contribution in [0, 0.1) is 0 Å². The molecule has 0 unspecified atom stereocenters. The van der Waals surface area contributed by atoms with Gasteiger partial charge in [0.1, 0.15) is 0 Å². The summed E-state index contributed by atoms with van der Waals surface area (Å²) in [5.41, 5.74) is 0. The van der Waals surface area contributed by atoms with E-state index in [1.54, 1.807) is 6.92 Å². The molecule has 0 saturated carbocycles. The highest BCUT2D eigenvalue weighted by Crippen LogP contribution is 2.30. The number of hydrogen-bond donors (Lipinski definition) is 0. The SMILES string of the molecule is CCC(=O)OCC(=O)N1CCN(S(=O)(=O)c2ccc(OC)c(OC)c2)CC1. The Morgan fingerprint density at radius 2 is 1.67 bits per heavy atom. The number of piperazine rings is 1. The van der Waals surface area contributed by atoms with Gasteiger partial charge in [-0.25, -0.2) is 8.42 Å². The number of nitrogens with zero attached hydrogens (tertiary/aromatic N) is 2. The van der Waals surface area contributed by atoms with E-state index in [1.807, 2.05) is 0 Å². The molecule has 0 radical (unpaired) electrons. The van der Waals surface area contributed by atoms with E-state index in [9.17, 15) is 18.0 Å². The summed E-state index contributed by atoms with van der Waals surface area (Å²) >= 11 is 0. The van der Waals surface area contributed by atoms with Gasteiger partial charge in [-0.05, 0) is 12.1 Å². The molecule has 10 heteroatoms. The van der Waals surface area contributed by atoms with E-state index in [4.69, 9.17) is 14.2 Å². The lowest BCUT2D eigenvalue weighted by Crippen LogP contribution is -2.51. The van der Waals surface area contributed by atoms with Crippen LogP contribution in [0.5, 0.6) is 11.5 Å². The van der Waals surface area contributed by atoms with Crippen LogP contribution in [-0.4, -0.2) is 76.5 Å². The molecular formula is C17H24N2O7S. The van der Waals surface area contributed by atoms with Crippen LogP contribution < -0.4 is 9.47 Å². The first kappa shape index (κ1) is 21.0. The average Bonchev–Trinajstić information content (AvgIpc) is 2.71. The highest BCUT2D eigenvalue weighted by Gasteiger charge is 2.31. The molecule has 1 aromatic rings. The van der Waals surface area contributed by atoms with Crippen molar-refractivity contribution in [2.24, 2.45) is 0 Å². The Balaban J connectivity index is 2.02. The Bertz CT molecular complexity index is 786. The number of rotatable bonds is 7. The first-order valence-corrected chi connectivity index (χ1v) is 9.93. The second-order valence-corrected chi connectivity index (χ2v) is 7.75. The van der Waals surface area contributed by atoms with Gasteiger partial charge in [-0.3, -0.25) is 9.59 Å². The minimum Gasteiger partial charge on any atom is -0.493 e. The standard InChI is InChI=1S/C17H24N2O7S/c1-4-17(21)26-12-16(20)18-7-9-19(10-8-18)27(22,23)13-5-6-14(24-2)15(11-13)25-3/h5-6,11H,4,7-10,12H2,1-3H3. The number of methoxy groups -OCH3 is 2. The Labute approximate surface area is 158 Å². The van der Waals surface area contributed by atoms with Gasteiger partial charge in [0, 0.05) is 38.7 Å². The fourth-order valence-corrected chi connectivity index (χ4v) is 4.08. The highest BCUT2D eigenvalue weighted by molar-refractivity contribution is 7.89. The predicted molar refractivity (Wildman–Crippen MR) is 96.1 cm³/mol. The number of carbonyl (C=O) groups is 2. The molecule has 1 aromatic carbocycles. The van der Waals surface area contributed by atoms with E-state index < -0.39 is 16.0 Å². The zero-order valence-electron chi connectivity index (χ0n) is 15.6. The molecule has 1 fully saturated rings. The minimum atomic E-state index is -3.72. The van der Waals surface area contributed by atoms with Gasteiger partial charge in [-0.2, -0.15) is 4.31 Å². The van der Waals surface area contributed by atoms with E-state index in [0.29, 0.717) is 11.5 Å². The van der Waals surface area contributed by atoms with Crippen LogP contribution in [0.2, 0.25) is 0 Å². The number of hydrogen-bond acceptors (Lipinski definition) is 7. The third-order valence-corrected chi connectivity index (χ3v) is 6.12. The fraction of sp³-hybridized carbons (Fsp3) is 0.529. The van der Waals surface area contributed by atoms with Crippen LogP contribution in [0.25, 0.3) is 0 Å². The molecule has 0 aromatic heterocycles. The minimum absolute atomic E-state index is 0.0943. The summed E-state index contributed by atoms with van der Waals surface area (Å²) in [6.45, 7) is 2.10. The molecule has 27 heavy (non-hydrogen) atoms. The highest BCUT2D eigenvalue weighted by atomic mass is 32.2. The molecule has 9 nitrogen and oxygen atoms in total. The van der Waals surface area contributed by atoms with Crippen LogP contribution in [0.3, 0.4) is 0 Å². The lowest BCUT2D eigenvalue weighted by Gasteiger charge is -2.33. The summed E-state index contributed by atoms with van der Waals surface area (Å²) in [6, 6.07) is 4.40. The van der Waals surface area contributed by atoms with Gasteiger partial charge in [0.15, 0.2) is 18.1 Å². The summed E-state index contributed by atoms with van der Waals surface area (Å²) in [5.74, 6) is -0.0170. The summed E-state index contributed by atoms with van der Waals surface area (Å²) in [7, 11) is -0.817. The zero-order chi connectivity index (χ0) is 20.0. The van der Waals surface area contributed by atoms with Crippen molar-refractivity contribution >= 4 is 21.9 Å². The number of carbonyl (C=O) groups excluding carboxylic acids is 2. The number of ether oxygens (including phenoxy) is 3. The third kappa shape index (κ3) is 4.89. The van der Waals surface area contributed by atoms with Gasteiger partial charge in [-0.15, -0.1) is 0 Å². The van der Waals surface area contributed by atoms with Crippen molar-refractivity contribution in [3.05, 3.63) is 18.2 Å². The Kier molecular flexibility index (Phi) is 7.03. The molecule has 0 bridgehead atoms. The molecule has 150 valence electrons. The molecule has 1 aliphatic heterocycles. The van der Waals surface area contributed by atoms with Crippen LogP contribution in [0.15, 0.2) is 23.1 Å². The van der Waals surface area contributed by atoms with Gasteiger partial charge in [0.25, 0.3) is 5.91 Å². The van der Waals surface area contributed by atoms with Gasteiger partial charge in [0.05, 0.1) is 19.1 Å². The fourth-order valence-electron chi connectivity index (χ4n) is 2.64. The van der Waals surface area contributed by atoms with Crippen molar-refractivity contribution < 1.29 is 32.2 Å². The van der Waals surface area contributed by atoms with Crippen molar-refractivity contribution in [2.75, 3.05) is 47.0 Å². The summed E-state index contributed by atoms with van der Waals surface area (Å²) in [5, 5.41) is 0. The van der Waals surface area contributed by atoms with Gasteiger partial charge >= 0.3 is 5.97 Å². The molecule has 0 N–H and O–H groups in total. The molecule has 1 aliphatic rings. The zero-order valence-corrected chi connectivity index (χ0v) is 16.5. The van der Waals surface area contributed by atoms with Crippen molar-refractivity contribution in [3.8, 4) is 11.5 Å². The number of amides is 1. The lowest BCUT2D eigenvalue weighted by atomic mass is 10.3. The lowest BCUT2D eigenvalue weighted by molar-refractivity contribution is -0.152. The van der Waals surface area contributed by atoms with Crippen molar-refractivity contribution in [3.63, 3.8) is 0 Å². The number of esters is 1. The molecule has 1 saturated heterocycles. The largest absolute Gasteiger partial charge is 0.493 e. The second kappa shape index (κ2) is 9.05. The molecule has 0 atom stereocenters. The summed E-state index contributed by atoms with van der Waals surface area (Å²) in [4.78, 5) is 24.8. The normalized spacial score (nSPS) is 15.3. The van der Waals surface area contributed by atoms with E-state index in [-0.39, 0.29) is 50.0 Å². The van der Waals surface area contributed by atoms with Crippen LogP contribution in [0.4, 0.5) is 0 Å². The Morgan fingerprint density at radius 3 is 2.22 bits per heavy atom. The van der Waals surface area contributed by atoms with Crippen molar-refractivity contribution in [2.45, 2.75) is 18.2 Å². The first-order valence-electron chi connectivity index (χ1n) is 8.49. The molecule has 0 spiro atoms. The van der Waals surface area contributed by atoms with E-state index in [2.05, 4.69) is 0 Å². The van der Waals surface area contributed by atoms with Crippen LogP contribution in [-0.2, 0) is 24.3 Å². The maximum atomic E-state index is 12.8. The average molecular weight is 400 g/mol. The predicted octanol–water partition coefficient (Wildman–Crippen LogP) is 0.490. The molecule has 1 amide bonds.